The zero-order valence-corrected chi connectivity index (χ0v) is 18.7. The number of carbonyl (C=O) groups excluding carboxylic acids is 2. The van der Waals surface area contributed by atoms with E-state index in [9.17, 15) is 22.4 Å². The Morgan fingerprint density at radius 3 is 2.38 bits per heavy atom. The number of sulfonamides is 1. The Kier molecular flexibility index (Phi) is 6.37. The summed E-state index contributed by atoms with van der Waals surface area (Å²) in [6.07, 6.45) is 0. The van der Waals surface area contributed by atoms with Crippen molar-refractivity contribution in [3.05, 3.63) is 77.6 Å². The first kappa shape index (κ1) is 23.1. The Labute approximate surface area is 194 Å². The van der Waals surface area contributed by atoms with Crippen LogP contribution in [0.5, 0.6) is 11.5 Å². The summed E-state index contributed by atoms with van der Waals surface area (Å²) in [6.45, 7) is 0.677. The topological polar surface area (TPSA) is 123 Å². The van der Waals surface area contributed by atoms with E-state index in [0.29, 0.717) is 24.7 Å². The maximum atomic E-state index is 13.9. The second kappa shape index (κ2) is 9.40. The van der Waals surface area contributed by atoms with Crippen LogP contribution >= 0.6 is 0 Å². The molecule has 0 aliphatic carbocycles. The van der Waals surface area contributed by atoms with Crippen molar-refractivity contribution in [2.24, 2.45) is 0 Å². The van der Waals surface area contributed by atoms with Crippen LogP contribution in [0.4, 0.5) is 15.8 Å². The molecule has 1 aliphatic rings. The van der Waals surface area contributed by atoms with E-state index in [4.69, 9.17) is 9.47 Å². The summed E-state index contributed by atoms with van der Waals surface area (Å²) in [5, 5.41) is 4.87. The molecule has 4 rings (SSSR count). The molecule has 1 heterocycles. The summed E-state index contributed by atoms with van der Waals surface area (Å²) in [7, 11) is -2.71. The summed E-state index contributed by atoms with van der Waals surface area (Å²) < 4.78 is 53.2. The van der Waals surface area contributed by atoms with Crippen LogP contribution < -0.4 is 24.8 Å². The van der Waals surface area contributed by atoms with Crippen molar-refractivity contribution in [3.8, 4) is 11.5 Å². The highest BCUT2D eigenvalue weighted by Crippen LogP contribution is 2.33. The number of rotatable bonds is 6. The van der Waals surface area contributed by atoms with Crippen molar-refractivity contribution >= 4 is 33.2 Å². The number of hydrogen-bond donors (Lipinski definition) is 3. The van der Waals surface area contributed by atoms with E-state index in [1.54, 1.807) is 12.1 Å². The number of carbonyl (C=O) groups is 2. The molecule has 2 amide bonds. The normalized spacial score (nSPS) is 12.5. The third-order valence-corrected chi connectivity index (χ3v) is 6.30. The van der Waals surface area contributed by atoms with E-state index in [0.717, 1.165) is 6.07 Å². The third kappa shape index (κ3) is 4.79. The van der Waals surface area contributed by atoms with Crippen LogP contribution in [0.15, 0.2) is 65.6 Å². The zero-order chi connectivity index (χ0) is 24.3. The van der Waals surface area contributed by atoms with Crippen LogP contribution in [0.25, 0.3) is 0 Å². The fourth-order valence-corrected chi connectivity index (χ4v) is 4.37. The number of hydrogen-bond acceptors (Lipinski definition) is 6. The predicted molar refractivity (Wildman–Crippen MR) is 122 cm³/mol. The van der Waals surface area contributed by atoms with Gasteiger partial charge in [-0.05, 0) is 42.5 Å². The summed E-state index contributed by atoms with van der Waals surface area (Å²) in [6, 6.07) is 13.8. The van der Waals surface area contributed by atoms with E-state index < -0.39 is 27.7 Å². The van der Waals surface area contributed by atoms with Crippen LogP contribution in [0.3, 0.4) is 0 Å². The van der Waals surface area contributed by atoms with E-state index in [-0.39, 0.29) is 27.4 Å². The Morgan fingerprint density at radius 1 is 0.882 bits per heavy atom. The molecule has 3 aromatic carbocycles. The molecular weight excluding hydrogens is 465 g/mol. The second-order valence-corrected chi connectivity index (χ2v) is 8.87. The summed E-state index contributed by atoms with van der Waals surface area (Å²) >= 11 is 0. The highest BCUT2D eigenvalue weighted by atomic mass is 32.2. The van der Waals surface area contributed by atoms with Crippen molar-refractivity contribution in [1.29, 1.82) is 0 Å². The van der Waals surface area contributed by atoms with Gasteiger partial charge in [0.05, 0.1) is 21.7 Å². The average molecular weight is 485 g/mol. The van der Waals surface area contributed by atoms with E-state index in [2.05, 4.69) is 15.4 Å². The van der Waals surface area contributed by atoms with Gasteiger partial charge in [0.15, 0.2) is 11.5 Å². The number of para-hydroxylation sites is 1. The smallest absolute Gasteiger partial charge is 0.262 e. The van der Waals surface area contributed by atoms with Crippen molar-refractivity contribution < 1.29 is 31.9 Å². The predicted octanol–water partition coefficient (Wildman–Crippen LogP) is 3.01. The third-order valence-electron chi connectivity index (χ3n) is 4.94. The highest BCUT2D eigenvalue weighted by molar-refractivity contribution is 7.92. The maximum absolute atomic E-state index is 13.9. The van der Waals surface area contributed by atoms with Gasteiger partial charge >= 0.3 is 0 Å². The Morgan fingerprint density at radius 2 is 1.62 bits per heavy atom. The Hall–Kier alpha value is -4.12. The minimum atomic E-state index is -4.07. The van der Waals surface area contributed by atoms with E-state index in [1.165, 1.54) is 49.5 Å². The van der Waals surface area contributed by atoms with Crippen LogP contribution in [0.2, 0.25) is 0 Å². The number of anilines is 2. The molecular formula is C23H20FN3O6S. The van der Waals surface area contributed by atoms with Crippen LogP contribution in [-0.2, 0) is 10.0 Å². The van der Waals surface area contributed by atoms with Crippen LogP contribution in [0.1, 0.15) is 20.7 Å². The Balaban J connectivity index is 1.58. The first-order valence-electron chi connectivity index (χ1n) is 10.1. The van der Waals surface area contributed by atoms with Gasteiger partial charge in [-0.1, -0.05) is 12.1 Å². The highest BCUT2D eigenvalue weighted by Gasteiger charge is 2.22. The molecule has 1 aliphatic heterocycles. The molecule has 0 saturated heterocycles. The fourth-order valence-electron chi connectivity index (χ4n) is 3.27. The summed E-state index contributed by atoms with van der Waals surface area (Å²) in [5.74, 6) is -1.30. The Bertz CT molecular complexity index is 1380. The van der Waals surface area contributed by atoms with E-state index >= 15 is 0 Å². The second-order valence-electron chi connectivity index (χ2n) is 7.18. The van der Waals surface area contributed by atoms with Gasteiger partial charge in [0.1, 0.15) is 19.0 Å². The van der Waals surface area contributed by atoms with Gasteiger partial charge < -0.3 is 20.1 Å². The number of benzene rings is 3. The molecule has 0 fully saturated rings. The minimum absolute atomic E-state index is 0.0226. The van der Waals surface area contributed by atoms with Crippen molar-refractivity contribution in [1.82, 2.24) is 5.32 Å². The monoisotopic (exact) mass is 485 g/mol. The maximum Gasteiger partial charge on any atom is 0.262 e. The first-order valence-corrected chi connectivity index (χ1v) is 11.6. The lowest BCUT2D eigenvalue weighted by Crippen LogP contribution is -2.21. The molecule has 0 unspecified atom stereocenters. The molecule has 0 radical (unpaired) electrons. The SMILES string of the molecule is CNC(=O)c1cc(NC(=O)c2ccccc2NS(=O)(=O)c2ccc3c(c2)OCCO3)ccc1F. The molecule has 34 heavy (non-hydrogen) atoms. The molecule has 0 atom stereocenters. The van der Waals surface area contributed by atoms with Gasteiger partial charge in [-0.3, -0.25) is 14.3 Å². The van der Waals surface area contributed by atoms with Crippen molar-refractivity contribution in [2.45, 2.75) is 4.90 Å². The molecule has 0 spiro atoms. The van der Waals surface area contributed by atoms with Gasteiger partial charge in [0.25, 0.3) is 21.8 Å². The molecule has 11 heteroatoms. The molecule has 0 saturated carbocycles. The van der Waals surface area contributed by atoms with Gasteiger partial charge in [-0.25, -0.2) is 12.8 Å². The van der Waals surface area contributed by atoms with Crippen LogP contribution in [-0.4, -0.2) is 40.5 Å². The van der Waals surface area contributed by atoms with Crippen LogP contribution in [0, 0.1) is 5.82 Å². The summed E-state index contributed by atoms with van der Waals surface area (Å²) in [4.78, 5) is 24.7. The lowest BCUT2D eigenvalue weighted by atomic mass is 10.1. The molecule has 176 valence electrons. The first-order chi connectivity index (χ1) is 16.3. The molecule has 3 aromatic rings. The number of ether oxygens (including phenoxy) is 2. The number of fused-ring (bicyclic) bond motifs is 1. The zero-order valence-electron chi connectivity index (χ0n) is 17.9. The lowest BCUT2D eigenvalue weighted by molar-refractivity contribution is 0.0957. The quantitative estimate of drug-likeness (QED) is 0.493. The summed E-state index contributed by atoms with van der Waals surface area (Å²) in [5.41, 5.74) is -0.0274. The van der Waals surface area contributed by atoms with Gasteiger partial charge in [0, 0.05) is 18.8 Å². The van der Waals surface area contributed by atoms with Crippen molar-refractivity contribution in [3.63, 3.8) is 0 Å². The van der Waals surface area contributed by atoms with Gasteiger partial charge in [-0.2, -0.15) is 0 Å². The lowest BCUT2D eigenvalue weighted by Gasteiger charge is -2.19. The molecule has 3 N–H and O–H groups in total. The average Bonchev–Trinajstić information content (AvgIpc) is 2.84. The minimum Gasteiger partial charge on any atom is -0.486 e. The number of halogens is 1. The van der Waals surface area contributed by atoms with Gasteiger partial charge in [0.2, 0.25) is 0 Å². The largest absolute Gasteiger partial charge is 0.486 e. The fraction of sp³-hybridized carbons (Fsp3) is 0.130. The van der Waals surface area contributed by atoms with Gasteiger partial charge in [-0.15, -0.1) is 0 Å². The molecule has 0 bridgehead atoms. The number of nitrogens with one attached hydrogen (secondary N) is 3. The standard InChI is InChI=1S/C23H20FN3O6S/c1-25-22(28)17-12-14(6-8-18(17)24)26-23(29)16-4-2-3-5-19(16)27-34(30,31)15-7-9-20-21(13-15)33-11-10-32-20/h2-9,12-13,27H,10-11H2,1H3,(H,25,28)(H,26,29). The number of amides is 2. The van der Waals surface area contributed by atoms with Crippen molar-refractivity contribution in [2.75, 3.05) is 30.3 Å². The molecule has 0 aromatic heterocycles. The molecule has 9 nitrogen and oxygen atoms in total. The van der Waals surface area contributed by atoms with E-state index in [1.807, 2.05) is 0 Å².